The number of benzene rings is 3. The van der Waals surface area contributed by atoms with Crippen LogP contribution in [0.1, 0.15) is 0 Å². The van der Waals surface area contributed by atoms with Crippen molar-refractivity contribution in [1.29, 1.82) is 0 Å². The topological polar surface area (TPSA) is 3.24 Å². The molecule has 0 spiro atoms. The van der Waals surface area contributed by atoms with E-state index in [4.69, 9.17) is 0 Å². The summed E-state index contributed by atoms with van der Waals surface area (Å²) in [4.78, 5) is 2.14. The van der Waals surface area contributed by atoms with Gasteiger partial charge in [0, 0.05) is 25.2 Å². The molecule has 0 unspecified atom stereocenters. The van der Waals surface area contributed by atoms with Gasteiger partial charge < -0.3 is 4.90 Å². The van der Waals surface area contributed by atoms with Crippen LogP contribution in [0.3, 0.4) is 0 Å². The molecular weight excluding hydrogens is 206 g/mol. The highest BCUT2D eigenvalue weighted by molar-refractivity contribution is 6.03. The Morgan fingerprint density at radius 3 is 2.47 bits per heavy atom. The van der Waals surface area contributed by atoms with Gasteiger partial charge in [0.15, 0.2) is 0 Å². The predicted molar refractivity (Wildman–Crippen MR) is 74.6 cm³/mol. The summed E-state index contributed by atoms with van der Waals surface area (Å²) in [6.45, 7) is 0. The summed E-state index contributed by atoms with van der Waals surface area (Å²) < 4.78 is 0. The van der Waals surface area contributed by atoms with Gasteiger partial charge in [-0.2, -0.15) is 0 Å². The molecule has 0 atom stereocenters. The van der Waals surface area contributed by atoms with Crippen LogP contribution in [0.15, 0.2) is 48.5 Å². The number of hydrogen-bond donors (Lipinski definition) is 0. The van der Waals surface area contributed by atoms with Crippen molar-refractivity contribution in [2.75, 3.05) is 19.0 Å². The van der Waals surface area contributed by atoms with Gasteiger partial charge in [-0.3, -0.25) is 0 Å². The van der Waals surface area contributed by atoms with E-state index < -0.39 is 0 Å². The fourth-order valence-electron chi connectivity index (χ4n) is 2.24. The van der Waals surface area contributed by atoms with Crippen molar-refractivity contribution >= 4 is 27.2 Å². The van der Waals surface area contributed by atoms with E-state index in [1.165, 1.54) is 27.2 Å². The normalized spacial score (nSPS) is 10.9. The minimum atomic E-state index is 1.18. The fourth-order valence-corrected chi connectivity index (χ4v) is 2.24. The van der Waals surface area contributed by atoms with E-state index in [1.807, 2.05) is 0 Å². The molecule has 17 heavy (non-hydrogen) atoms. The summed E-state index contributed by atoms with van der Waals surface area (Å²) in [6, 6.07) is 20.4. The van der Waals surface area contributed by atoms with Crippen LogP contribution in [0.25, 0.3) is 21.5 Å². The molecule has 0 saturated heterocycles. The minimum absolute atomic E-state index is 1.18. The van der Waals surface area contributed by atoms with Crippen LogP contribution in [0.4, 0.5) is 5.69 Å². The Bertz CT molecular complexity index is 683. The summed E-state index contributed by atoms with van der Waals surface area (Å²) >= 11 is 0. The Morgan fingerprint density at radius 1 is 0.882 bits per heavy atom. The summed E-state index contributed by atoms with van der Waals surface area (Å²) in [5, 5.41) is 4.86. The summed E-state index contributed by atoms with van der Waals surface area (Å²) in [5.74, 6) is 0. The van der Waals surface area contributed by atoms with Crippen LogP contribution in [0, 0.1) is 6.07 Å². The lowest BCUT2D eigenvalue weighted by atomic mass is 10.0. The van der Waals surface area contributed by atoms with Gasteiger partial charge >= 0.3 is 0 Å². The largest absolute Gasteiger partial charge is 0.377 e. The van der Waals surface area contributed by atoms with Gasteiger partial charge in [-0.1, -0.05) is 36.4 Å². The summed E-state index contributed by atoms with van der Waals surface area (Å²) in [5.41, 5.74) is 1.24. The van der Waals surface area contributed by atoms with Crippen LogP contribution < -0.4 is 4.90 Å². The lowest BCUT2D eigenvalue weighted by Crippen LogP contribution is -2.08. The molecule has 3 aromatic rings. The average Bonchev–Trinajstić information content (AvgIpc) is 2.35. The van der Waals surface area contributed by atoms with Gasteiger partial charge in [0.2, 0.25) is 0 Å². The Kier molecular flexibility index (Phi) is 2.25. The van der Waals surface area contributed by atoms with E-state index in [9.17, 15) is 0 Å². The minimum Gasteiger partial charge on any atom is -0.377 e. The van der Waals surface area contributed by atoms with Crippen LogP contribution in [-0.2, 0) is 0 Å². The zero-order chi connectivity index (χ0) is 11.8. The number of anilines is 1. The Morgan fingerprint density at radius 2 is 1.65 bits per heavy atom. The molecule has 0 aliphatic heterocycles. The third-order valence-electron chi connectivity index (χ3n) is 3.09. The van der Waals surface area contributed by atoms with Gasteiger partial charge in [-0.15, -0.1) is 0 Å². The first-order chi connectivity index (χ1) is 8.25. The molecule has 0 N–H and O–H groups in total. The molecule has 0 fully saturated rings. The van der Waals surface area contributed by atoms with Crippen molar-refractivity contribution in [2.24, 2.45) is 0 Å². The van der Waals surface area contributed by atoms with Crippen LogP contribution in [-0.4, -0.2) is 14.1 Å². The molecule has 0 saturated carbocycles. The quantitative estimate of drug-likeness (QED) is 0.563. The maximum Gasteiger partial charge on any atom is 0.0441 e. The van der Waals surface area contributed by atoms with Gasteiger partial charge in [0.05, 0.1) is 0 Å². The molecule has 3 aromatic carbocycles. The van der Waals surface area contributed by atoms with Crippen LogP contribution >= 0.6 is 0 Å². The van der Waals surface area contributed by atoms with Crippen molar-refractivity contribution in [1.82, 2.24) is 0 Å². The molecule has 1 radical (unpaired) electrons. The van der Waals surface area contributed by atoms with Crippen LogP contribution in [0.5, 0.6) is 0 Å². The molecule has 83 valence electrons. The lowest BCUT2D eigenvalue weighted by Gasteiger charge is -2.15. The monoisotopic (exact) mass is 220 g/mol. The summed E-state index contributed by atoms with van der Waals surface area (Å²) in [6.07, 6.45) is 0. The third-order valence-corrected chi connectivity index (χ3v) is 3.09. The first-order valence-electron chi connectivity index (χ1n) is 5.77. The maximum absolute atomic E-state index is 3.48. The van der Waals surface area contributed by atoms with Crippen molar-refractivity contribution in [3.8, 4) is 0 Å². The van der Waals surface area contributed by atoms with E-state index >= 15 is 0 Å². The van der Waals surface area contributed by atoms with Gasteiger partial charge in [0.25, 0.3) is 0 Å². The highest BCUT2D eigenvalue weighted by Crippen LogP contribution is 2.29. The molecule has 0 aromatic heterocycles. The van der Waals surface area contributed by atoms with Crippen LogP contribution in [0.2, 0.25) is 0 Å². The van der Waals surface area contributed by atoms with E-state index in [1.54, 1.807) is 0 Å². The second-order valence-corrected chi connectivity index (χ2v) is 4.49. The Hall–Kier alpha value is -2.02. The molecule has 0 aliphatic carbocycles. The average molecular weight is 220 g/mol. The van der Waals surface area contributed by atoms with Crippen molar-refractivity contribution in [2.45, 2.75) is 0 Å². The molecule has 1 nitrogen and oxygen atoms in total. The molecule has 0 amide bonds. The zero-order valence-electron chi connectivity index (χ0n) is 10.1. The fraction of sp³-hybridized carbons (Fsp3) is 0.125. The summed E-state index contributed by atoms with van der Waals surface area (Å²) in [7, 11) is 4.15. The van der Waals surface area contributed by atoms with E-state index in [0.29, 0.717) is 0 Å². The van der Waals surface area contributed by atoms with Gasteiger partial charge in [-0.05, 0) is 34.4 Å². The van der Waals surface area contributed by atoms with Crippen molar-refractivity contribution < 1.29 is 0 Å². The second kappa shape index (κ2) is 3.77. The SMILES string of the molecule is CN(C)c1cccc2[c]c3ccccc3cc12. The van der Waals surface area contributed by atoms with E-state index in [2.05, 4.69) is 73.6 Å². The van der Waals surface area contributed by atoms with Gasteiger partial charge in [-0.25, -0.2) is 0 Å². The molecule has 0 heterocycles. The first kappa shape index (κ1) is 10.2. The molecule has 1 heteroatoms. The third kappa shape index (κ3) is 1.64. The number of nitrogens with zero attached hydrogens (tertiary/aromatic N) is 1. The molecule has 3 rings (SSSR count). The van der Waals surface area contributed by atoms with E-state index in [-0.39, 0.29) is 0 Å². The zero-order valence-corrected chi connectivity index (χ0v) is 10.1. The molecule has 0 aliphatic rings. The van der Waals surface area contributed by atoms with Gasteiger partial charge in [0.1, 0.15) is 0 Å². The first-order valence-corrected chi connectivity index (χ1v) is 5.77. The maximum atomic E-state index is 3.48. The number of rotatable bonds is 1. The van der Waals surface area contributed by atoms with Crippen molar-refractivity contribution in [3.05, 3.63) is 54.6 Å². The number of fused-ring (bicyclic) bond motifs is 2. The predicted octanol–water partition coefficient (Wildman–Crippen LogP) is 3.86. The molecule has 0 bridgehead atoms. The number of hydrogen-bond acceptors (Lipinski definition) is 1. The Balaban J connectivity index is 2.43. The van der Waals surface area contributed by atoms with Crippen molar-refractivity contribution in [3.63, 3.8) is 0 Å². The Labute approximate surface area is 101 Å². The highest BCUT2D eigenvalue weighted by Gasteiger charge is 2.04. The highest BCUT2D eigenvalue weighted by atomic mass is 15.1. The smallest absolute Gasteiger partial charge is 0.0441 e. The van der Waals surface area contributed by atoms with E-state index in [0.717, 1.165) is 0 Å². The standard InChI is InChI=1S/C16H14N/c1-17(2)16-9-5-8-14-10-12-6-3-4-7-13(12)11-15(14)16/h3-9,11H,1-2H3. The molecular formula is C16H14N. The second-order valence-electron chi connectivity index (χ2n) is 4.49. The lowest BCUT2D eigenvalue weighted by molar-refractivity contribution is 1.14.